The van der Waals surface area contributed by atoms with E-state index >= 15 is 0 Å². The molecular formula is C13H22N2O3. The average molecular weight is 254 g/mol. The van der Waals surface area contributed by atoms with E-state index in [4.69, 9.17) is 5.11 Å². The van der Waals surface area contributed by atoms with E-state index in [0.717, 1.165) is 25.9 Å². The first-order valence-electron chi connectivity index (χ1n) is 6.79. The number of hydrogen-bond donors (Lipinski definition) is 2. The molecule has 2 aliphatic rings. The molecule has 0 aromatic carbocycles. The molecule has 0 aliphatic carbocycles. The van der Waals surface area contributed by atoms with Crippen molar-refractivity contribution in [3.63, 3.8) is 0 Å². The molecule has 5 nitrogen and oxygen atoms in total. The number of hydrogen-bond acceptors (Lipinski definition) is 3. The molecule has 5 heteroatoms. The number of carboxylic acid groups (broad SMARTS) is 1. The van der Waals surface area contributed by atoms with Gasteiger partial charge >= 0.3 is 5.97 Å². The van der Waals surface area contributed by atoms with Gasteiger partial charge in [-0.05, 0) is 37.8 Å². The molecule has 3 atom stereocenters. The van der Waals surface area contributed by atoms with E-state index < -0.39 is 11.9 Å². The number of nitrogens with zero attached hydrogens (tertiary/aromatic N) is 1. The van der Waals surface area contributed by atoms with Crippen LogP contribution >= 0.6 is 0 Å². The minimum Gasteiger partial charge on any atom is -0.481 e. The number of nitrogens with one attached hydrogen (secondary N) is 1. The predicted octanol–water partition coefficient (Wildman–Crippen LogP) is 0.555. The lowest BCUT2D eigenvalue weighted by atomic mass is 9.96. The highest BCUT2D eigenvalue weighted by atomic mass is 16.4. The van der Waals surface area contributed by atoms with Crippen LogP contribution in [-0.4, -0.2) is 48.1 Å². The molecule has 2 aliphatic heterocycles. The number of carbonyl (C=O) groups is 2. The van der Waals surface area contributed by atoms with Gasteiger partial charge in [-0.2, -0.15) is 0 Å². The fourth-order valence-electron chi connectivity index (χ4n) is 2.97. The third-order valence-electron chi connectivity index (χ3n) is 4.14. The molecule has 18 heavy (non-hydrogen) atoms. The summed E-state index contributed by atoms with van der Waals surface area (Å²) in [5, 5.41) is 12.4. The highest BCUT2D eigenvalue weighted by Crippen LogP contribution is 2.25. The van der Waals surface area contributed by atoms with E-state index in [-0.39, 0.29) is 11.8 Å². The summed E-state index contributed by atoms with van der Waals surface area (Å²) in [6, 6.07) is 0. The molecule has 2 saturated heterocycles. The maximum Gasteiger partial charge on any atom is 0.308 e. The van der Waals surface area contributed by atoms with Crippen molar-refractivity contribution in [3.05, 3.63) is 0 Å². The Morgan fingerprint density at radius 2 is 2.17 bits per heavy atom. The number of aliphatic carboxylic acids is 1. The van der Waals surface area contributed by atoms with Crippen molar-refractivity contribution in [1.29, 1.82) is 0 Å². The Balaban J connectivity index is 1.84. The normalized spacial score (nSPS) is 32.5. The topological polar surface area (TPSA) is 69.6 Å². The number of likely N-dealkylation sites (tertiary alicyclic amines) is 1. The smallest absolute Gasteiger partial charge is 0.308 e. The summed E-state index contributed by atoms with van der Waals surface area (Å²) in [5.74, 6) is -0.559. The number of amides is 1. The molecule has 0 aromatic heterocycles. The number of carboxylic acids is 1. The highest BCUT2D eigenvalue weighted by molar-refractivity contribution is 5.79. The van der Waals surface area contributed by atoms with E-state index in [1.165, 1.54) is 0 Å². The molecule has 0 bridgehead atoms. The maximum atomic E-state index is 12.1. The molecule has 1 unspecified atom stereocenters. The van der Waals surface area contributed by atoms with Crippen LogP contribution in [-0.2, 0) is 9.59 Å². The summed E-state index contributed by atoms with van der Waals surface area (Å²) >= 11 is 0. The van der Waals surface area contributed by atoms with Gasteiger partial charge in [0.25, 0.3) is 0 Å². The van der Waals surface area contributed by atoms with E-state index in [2.05, 4.69) is 5.32 Å². The molecule has 102 valence electrons. The van der Waals surface area contributed by atoms with Gasteiger partial charge in [0.1, 0.15) is 0 Å². The van der Waals surface area contributed by atoms with Gasteiger partial charge in [-0.3, -0.25) is 9.59 Å². The lowest BCUT2D eigenvalue weighted by Crippen LogP contribution is -2.36. The van der Waals surface area contributed by atoms with Crippen molar-refractivity contribution in [3.8, 4) is 0 Å². The number of piperidine rings is 1. The Bertz CT molecular complexity index is 326. The van der Waals surface area contributed by atoms with Gasteiger partial charge in [0, 0.05) is 19.5 Å². The zero-order valence-electron chi connectivity index (χ0n) is 10.9. The second kappa shape index (κ2) is 5.69. The first-order valence-corrected chi connectivity index (χ1v) is 6.79. The second-order valence-corrected chi connectivity index (χ2v) is 5.64. The molecule has 0 saturated carbocycles. The van der Waals surface area contributed by atoms with Gasteiger partial charge in [-0.25, -0.2) is 0 Å². The molecule has 0 spiro atoms. The van der Waals surface area contributed by atoms with Gasteiger partial charge in [0.05, 0.1) is 5.92 Å². The second-order valence-electron chi connectivity index (χ2n) is 5.64. The SMILES string of the molecule is C[C@@H]1CN(C(=O)CC2CCCNC2)C[C@H]1C(=O)O. The van der Waals surface area contributed by atoms with Crippen LogP contribution in [0.2, 0.25) is 0 Å². The van der Waals surface area contributed by atoms with Gasteiger partial charge in [-0.15, -0.1) is 0 Å². The van der Waals surface area contributed by atoms with Crippen molar-refractivity contribution in [2.75, 3.05) is 26.2 Å². The summed E-state index contributed by atoms with van der Waals surface area (Å²) < 4.78 is 0. The standard InChI is InChI=1S/C13H22N2O3/c1-9-7-15(8-11(9)13(17)18)12(16)5-10-3-2-4-14-6-10/h9-11,14H,2-8H2,1H3,(H,17,18)/t9-,10?,11-/m1/s1. The van der Waals surface area contributed by atoms with Gasteiger partial charge in [-0.1, -0.05) is 6.92 Å². The zero-order chi connectivity index (χ0) is 13.1. The van der Waals surface area contributed by atoms with E-state index in [1.54, 1.807) is 4.90 Å². The van der Waals surface area contributed by atoms with Crippen LogP contribution in [0.1, 0.15) is 26.2 Å². The lowest BCUT2D eigenvalue weighted by Gasteiger charge is -2.24. The summed E-state index contributed by atoms with van der Waals surface area (Å²) in [5.41, 5.74) is 0. The molecule has 0 aromatic rings. The first-order chi connectivity index (χ1) is 8.58. The van der Waals surface area contributed by atoms with Crippen molar-refractivity contribution < 1.29 is 14.7 Å². The molecule has 0 radical (unpaired) electrons. The van der Waals surface area contributed by atoms with Gasteiger partial charge in [0.15, 0.2) is 0 Å². The third kappa shape index (κ3) is 3.02. The van der Waals surface area contributed by atoms with E-state index in [1.807, 2.05) is 6.92 Å². The van der Waals surface area contributed by atoms with Crippen LogP contribution in [0, 0.1) is 17.8 Å². The summed E-state index contributed by atoms with van der Waals surface area (Å²) in [7, 11) is 0. The van der Waals surface area contributed by atoms with E-state index in [9.17, 15) is 9.59 Å². The van der Waals surface area contributed by atoms with Gasteiger partial charge in [0.2, 0.25) is 5.91 Å². The monoisotopic (exact) mass is 254 g/mol. The summed E-state index contributed by atoms with van der Waals surface area (Å²) in [4.78, 5) is 24.9. The molecule has 2 rings (SSSR count). The third-order valence-corrected chi connectivity index (χ3v) is 4.14. The quantitative estimate of drug-likeness (QED) is 0.772. The van der Waals surface area contributed by atoms with Crippen LogP contribution in [0.25, 0.3) is 0 Å². The minimum atomic E-state index is -0.780. The Labute approximate surface area is 108 Å². The van der Waals surface area contributed by atoms with Gasteiger partial charge < -0.3 is 15.3 Å². The van der Waals surface area contributed by atoms with Crippen molar-refractivity contribution in [2.45, 2.75) is 26.2 Å². The lowest BCUT2D eigenvalue weighted by molar-refractivity contribution is -0.142. The average Bonchev–Trinajstić information content (AvgIpc) is 2.73. The fraction of sp³-hybridized carbons (Fsp3) is 0.846. The maximum absolute atomic E-state index is 12.1. The number of carbonyl (C=O) groups excluding carboxylic acids is 1. The molecule has 1 amide bonds. The van der Waals surface area contributed by atoms with Crippen LogP contribution in [0.15, 0.2) is 0 Å². The van der Waals surface area contributed by atoms with Crippen LogP contribution in [0.4, 0.5) is 0 Å². The number of rotatable bonds is 3. The predicted molar refractivity (Wildman–Crippen MR) is 67.1 cm³/mol. The Kier molecular flexibility index (Phi) is 4.22. The fourth-order valence-corrected chi connectivity index (χ4v) is 2.97. The van der Waals surface area contributed by atoms with Crippen LogP contribution < -0.4 is 5.32 Å². The Morgan fingerprint density at radius 1 is 1.39 bits per heavy atom. The highest BCUT2D eigenvalue weighted by Gasteiger charge is 2.37. The van der Waals surface area contributed by atoms with E-state index in [0.29, 0.717) is 25.4 Å². The van der Waals surface area contributed by atoms with Crippen LogP contribution in [0.5, 0.6) is 0 Å². The Hall–Kier alpha value is -1.10. The molecule has 2 heterocycles. The molecule has 2 N–H and O–H groups in total. The van der Waals surface area contributed by atoms with Crippen molar-refractivity contribution in [1.82, 2.24) is 10.2 Å². The minimum absolute atomic E-state index is 0.0657. The molecular weight excluding hydrogens is 232 g/mol. The van der Waals surface area contributed by atoms with Crippen molar-refractivity contribution in [2.24, 2.45) is 17.8 Å². The first kappa shape index (κ1) is 13.3. The molecule has 2 fully saturated rings. The van der Waals surface area contributed by atoms with Crippen molar-refractivity contribution >= 4 is 11.9 Å². The summed E-state index contributed by atoms with van der Waals surface area (Å²) in [6.45, 7) is 4.85. The largest absolute Gasteiger partial charge is 0.481 e. The zero-order valence-corrected chi connectivity index (χ0v) is 10.9. The Morgan fingerprint density at radius 3 is 2.72 bits per heavy atom. The summed E-state index contributed by atoms with van der Waals surface area (Å²) in [6.07, 6.45) is 2.79. The van der Waals surface area contributed by atoms with Crippen LogP contribution in [0.3, 0.4) is 0 Å².